The summed E-state index contributed by atoms with van der Waals surface area (Å²) in [6, 6.07) is 15.9. The first kappa shape index (κ1) is 23.0. The number of ether oxygens (including phenoxy) is 1. The molecule has 2 aromatic carbocycles. The van der Waals surface area contributed by atoms with Gasteiger partial charge in [-0.3, -0.25) is 4.79 Å². The van der Waals surface area contributed by atoms with Crippen LogP contribution in [0, 0.1) is 6.92 Å². The van der Waals surface area contributed by atoms with Crippen LogP contribution in [0.1, 0.15) is 90.6 Å². The number of benzene rings is 2. The molecule has 0 saturated heterocycles. The Morgan fingerprint density at radius 2 is 1.73 bits per heavy atom. The number of aromatic nitrogens is 1. The number of hydrogen-bond acceptors (Lipinski definition) is 3. The Morgan fingerprint density at radius 1 is 1.06 bits per heavy atom. The Balaban J connectivity index is 1.96. The van der Waals surface area contributed by atoms with Gasteiger partial charge in [-0.15, -0.1) is 0 Å². The number of esters is 1. The molecule has 1 aliphatic rings. The Bertz CT molecular complexity index is 1180. The average Bonchev–Trinajstić information content (AvgIpc) is 3.44. The topological polar surface area (TPSA) is 48.3 Å². The van der Waals surface area contributed by atoms with Gasteiger partial charge in [-0.1, -0.05) is 64.1 Å². The maximum absolute atomic E-state index is 13.7. The Kier molecular flexibility index (Phi) is 5.81. The standard InChI is InChI=1S/C29H33NO3/c1-7-33-27(32)24-18-30(25(19(24)2)26(31)20-11-9-8-10-12-20)23-16-21(28(3,4)5)15-22(17-23)29(6)13-14-29/h8-12,15-18H,7,13-14H2,1-6H3. The zero-order valence-corrected chi connectivity index (χ0v) is 20.5. The van der Waals surface area contributed by atoms with E-state index in [1.165, 1.54) is 11.1 Å². The van der Waals surface area contributed by atoms with Crippen LogP contribution in [0.25, 0.3) is 5.69 Å². The molecule has 1 aliphatic carbocycles. The molecule has 4 heteroatoms. The number of rotatable bonds is 6. The molecule has 1 heterocycles. The fourth-order valence-electron chi connectivity index (χ4n) is 4.23. The van der Waals surface area contributed by atoms with Crippen LogP contribution in [0.2, 0.25) is 0 Å². The number of carbonyl (C=O) groups is 2. The van der Waals surface area contributed by atoms with E-state index in [0.29, 0.717) is 22.4 Å². The molecule has 0 spiro atoms. The minimum atomic E-state index is -0.405. The third-order valence-electron chi connectivity index (χ3n) is 6.76. The SMILES string of the molecule is CCOC(=O)c1cn(-c2cc(C(C)(C)C)cc(C3(C)CC3)c2)c(C(=O)c2ccccc2)c1C. The quantitative estimate of drug-likeness (QED) is 0.321. The lowest BCUT2D eigenvalue weighted by molar-refractivity contribution is 0.0525. The molecule has 0 N–H and O–H groups in total. The van der Waals surface area contributed by atoms with Gasteiger partial charge < -0.3 is 9.30 Å². The van der Waals surface area contributed by atoms with Crippen molar-refractivity contribution in [3.05, 3.63) is 88.2 Å². The van der Waals surface area contributed by atoms with Gasteiger partial charge >= 0.3 is 5.97 Å². The Labute approximate surface area is 196 Å². The van der Waals surface area contributed by atoms with Crippen molar-refractivity contribution in [2.45, 2.75) is 65.2 Å². The fourth-order valence-corrected chi connectivity index (χ4v) is 4.23. The molecule has 0 radical (unpaired) electrons. The molecule has 1 aromatic heterocycles. The van der Waals surface area contributed by atoms with E-state index in [-0.39, 0.29) is 23.2 Å². The summed E-state index contributed by atoms with van der Waals surface area (Å²) in [7, 11) is 0. The average molecular weight is 444 g/mol. The predicted octanol–water partition coefficient (Wildman–Crippen LogP) is 6.54. The summed E-state index contributed by atoms with van der Waals surface area (Å²) in [4.78, 5) is 26.4. The minimum Gasteiger partial charge on any atom is -0.462 e. The van der Waals surface area contributed by atoms with Crippen molar-refractivity contribution < 1.29 is 14.3 Å². The number of carbonyl (C=O) groups excluding carboxylic acids is 2. The van der Waals surface area contributed by atoms with E-state index in [4.69, 9.17) is 4.74 Å². The number of hydrogen-bond donors (Lipinski definition) is 0. The molecule has 4 rings (SSSR count). The molecule has 0 amide bonds. The van der Waals surface area contributed by atoms with E-state index >= 15 is 0 Å². The molecule has 0 atom stereocenters. The van der Waals surface area contributed by atoms with Gasteiger partial charge in [-0.2, -0.15) is 0 Å². The molecular formula is C29H33NO3. The highest BCUT2D eigenvalue weighted by Crippen LogP contribution is 2.49. The van der Waals surface area contributed by atoms with Crippen molar-refractivity contribution in [2.24, 2.45) is 0 Å². The highest BCUT2D eigenvalue weighted by atomic mass is 16.5. The molecule has 1 fully saturated rings. The van der Waals surface area contributed by atoms with Crippen molar-refractivity contribution in [3.63, 3.8) is 0 Å². The molecule has 3 aromatic rings. The van der Waals surface area contributed by atoms with E-state index in [1.54, 1.807) is 13.1 Å². The fraction of sp³-hybridized carbons (Fsp3) is 0.379. The summed E-state index contributed by atoms with van der Waals surface area (Å²) in [5.41, 5.74) is 5.69. The second kappa shape index (κ2) is 8.33. The molecule has 4 nitrogen and oxygen atoms in total. The summed E-state index contributed by atoms with van der Waals surface area (Å²) < 4.78 is 7.19. The molecule has 1 saturated carbocycles. The largest absolute Gasteiger partial charge is 0.462 e. The van der Waals surface area contributed by atoms with Gasteiger partial charge in [0.2, 0.25) is 5.78 Å². The summed E-state index contributed by atoms with van der Waals surface area (Å²) in [5, 5.41) is 0. The van der Waals surface area contributed by atoms with Crippen LogP contribution in [-0.4, -0.2) is 22.9 Å². The van der Waals surface area contributed by atoms with Crippen molar-refractivity contribution >= 4 is 11.8 Å². The third-order valence-corrected chi connectivity index (χ3v) is 6.76. The van der Waals surface area contributed by atoms with Gasteiger partial charge in [0, 0.05) is 17.4 Å². The van der Waals surface area contributed by atoms with Crippen molar-refractivity contribution in [1.29, 1.82) is 0 Å². The molecule has 33 heavy (non-hydrogen) atoms. The summed E-state index contributed by atoms with van der Waals surface area (Å²) in [5.74, 6) is -0.513. The molecular weight excluding hydrogens is 410 g/mol. The molecule has 0 aliphatic heterocycles. The van der Waals surface area contributed by atoms with Crippen LogP contribution in [0.5, 0.6) is 0 Å². The Hall–Kier alpha value is -3.14. The lowest BCUT2D eigenvalue weighted by Crippen LogP contribution is -2.16. The maximum atomic E-state index is 13.7. The predicted molar refractivity (Wildman–Crippen MR) is 132 cm³/mol. The third kappa shape index (κ3) is 4.39. The number of nitrogens with zero attached hydrogens (tertiary/aromatic N) is 1. The highest BCUT2D eigenvalue weighted by Gasteiger charge is 2.40. The van der Waals surface area contributed by atoms with E-state index < -0.39 is 5.97 Å². The lowest BCUT2D eigenvalue weighted by Gasteiger charge is -2.24. The molecule has 0 bridgehead atoms. The van der Waals surface area contributed by atoms with Crippen LogP contribution in [0.4, 0.5) is 0 Å². The van der Waals surface area contributed by atoms with Crippen LogP contribution >= 0.6 is 0 Å². The first-order valence-electron chi connectivity index (χ1n) is 11.7. The summed E-state index contributed by atoms with van der Waals surface area (Å²) in [6.45, 7) is 12.8. The lowest BCUT2D eigenvalue weighted by atomic mass is 9.83. The normalized spacial score (nSPS) is 14.7. The van der Waals surface area contributed by atoms with Gasteiger partial charge in [0.15, 0.2) is 0 Å². The van der Waals surface area contributed by atoms with Gasteiger partial charge in [-0.05, 0) is 66.3 Å². The second-order valence-corrected chi connectivity index (χ2v) is 10.4. The van der Waals surface area contributed by atoms with E-state index in [1.807, 2.05) is 41.8 Å². The van der Waals surface area contributed by atoms with Crippen LogP contribution in [0.3, 0.4) is 0 Å². The summed E-state index contributed by atoms with van der Waals surface area (Å²) in [6.07, 6.45) is 4.09. The van der Waals surface area contributed by atoms with Crippen molar-refractivity contribution in [3.8, 4) is 5.69 Å². The first-order chi connectivity index (χ1) is 15.5. The van der Waals surface area contributed by atoms with Gasteiger partial charge in [0.05, 0.1) is 17.9 Å². The van der Waals surface area contributed by atoms with Crippen LogP contribution < -0.4 is 0 Å². The molecule has 0 unspecified atom stereocenters. The highest BCUT2D eigenvalue weighted by molar-refractivity contribution is 6.11. The second-order valence-electron chi connectivity index (χ2n) is 10.4. The Morgan fingerprint density at radius 3 is 2.30 bits per heavy atom. The van der Waals surface area contributed by atoms with Gasteiger partial charge in [0.25, 0.3) is 0 Å². The molecule has 172 valence electrons. The monoisotopic (exact) mass is 443 g/mol. The van der Waals surface area contributed by atoms with Gasteiger partial charge in [-0.25, -0.2) is 4.79 Å². The summed E-state index contributed by atoms with van der Waals surface area (Å²) >= 11 is 0. The van der Waals surface area contributed by atoms with Crippen LogP contribution in [-0.2, 0) is 15.6 Å². The maximum Gasteiger partial charge on any atom is 0.339 e. The zero-order chi connectivity index (χ0) is 24.0. The van der Waals surface area contributed by atoms with E-state index in [2.05, 4.69) is 45.9 Å². The zero-order valence-electron chi connectivity index (χ0n) is 20.5. The van der Waals surface area contributed by atoms with E-state index in [0.717, 1.165) is 18.5 Å². The van der Waals surface area contributed by atoms with Crippen LogP contribution in [0.15, 0.2) is 54.7 Å². The smallest absolute Gasteiger partial charge is 0.339 e. The van der Waals surface area contributed by atoms with E-state index in [9.17, 15) is 9.59 Å². The first-order valence-corrected chi connectivity index (χ1v) is 11.7. The minimum absolute atomic E-state index is 0.0498. The number of ketones is 1. The van der Waals surface area contributed by atoms with Gasteiger partial charge in [0.1, 0.15) is 0 Å². The van der Waals surface area contributed by atoms with Crippen molar-refractivity contribution in [1.82, 2.24) is 4.57 Å². The van der Waals surface area contributed by atoms with Crippen molar-refractivity contribution in [2.75, 3.05) is 6.61 Å².